The number of halogens is 1. The molecular weight excluding hydrogens is 264 g/mol. The third-order valence-electron chi connectivity index (χ3n) is 1.69. The molecule has 6 heteroatoms. The number of nitrogens with two attached hydrogens (primary N) is 1. The van der Waals surface area contributed by atoms with Crippen molar-refractivity contribution < 1.29 is 14.7 Å². The maximum absolute atomic E-state index is 11.0. The molecule has 0 aliphatic carbocycles. The van der Waals surface area contributed by atoms with Crippen LogP contribution in [0, 0.1) is 0 Å². The minimum atomic E-state index is -1.12. The first-order chi connectivity index (χ1) is 7.06. The molecule has 0 unspecified atom stereocenters. The highest BCUT2D eigenvalue weighted by Crippen LogP contribution is 2.24. The first-order valence-electron chi connectivity index (χ1n) is 4.08. The molecule has 0 bridgehead atoms. The Balaban J connectivity index is 3.11. The van der Waals surface area contributed by atoms with E-state index < -0.39 is 11.9 Å². The zero-order valence-corrected chi connectivity index (χ0v) is 9.24. The topological polar surface area (TPSA) is 92.4 Å². The Labute approximate surface area is 94.4 Å². The Morgan fingerprint density at radius 2 is 2.13 bits per heavy atom. The molecular formula is C9H9BrN2O3. The molecule has 0 atom stereocenters. The second-order valence-corrected chi connectivity index (χ2v) is 3.57. The van der Waals surface area contributed by atoms with E-state index in [2.05, 4.69) is 21.2 Å². The molecule has 0 radical (unpaired) electrons. The first-order valence-corrected chi connectivity index (χ1v) is 4.87. The second kappa shape index (κ2) is 4.90. The van der Waals surface area contributed by atoms with Crippen molar-refractivity contribution in [2.75, 3.05) is 11.9 Å². The number of carbonyl (C=O) groups is 2. The smallest absolute Gasteiger partial charge is 0.338 e. The second-order valence-electron chi connectivity index (χ2n) is 2.72. The van der Waals surface area contributed by atoms with Crippen LogP contribution < -0.4 is 11.1 Å². The normalized spacial score (nSPS) is 9.73. The summed E-state index contributed by atoms with van der Waals surface area (Å²) in [6.07, 6.45) is 0. The summed E-state index contributed by atoms with van der Waals surface area (Å²) in [5, 5.41) is 11.3. The molecule has 0 aliphatic rings. The fourth-order valence-electron chi connectivity index (χ4n) is 1.05. The van der Waals surface area contributed by atoms with Crippen molar-refractivity contribution in [3.63, 3.8) is 0 Å². The van der Waals surface area contributed by atoms with Gasteiger partial charge in [0.15, 0.2) is 0 Å². The van der Waals surface area contributed by atoms with Gasteiger partial charge in [-0.25, -0.2) is 4.79 Å². The molecule has 5 nitrogen and oxygen atoms in total. The molecule has 1 aromatic carbocycles. The van der Waals surface area contributed by atoms with Crippen molar-refractivity contribution in [2.45, 2.75) is 0 Å². The number of rotatable bonds is 3. The van der Waals surface area contributed by atoms with Gasteiger partial charge in [-0.15, -0.1) is 0 Å². The van der Waals surface area contributed by atoms with E-state index in [1.54, 1.807) is 12.1 Å². The van der Waals surface area contributed by atoms with Crippen molar-refractivity contribution in [3.05, 3.63) is 28.2 Å². The third-order valence-corrected chi connectivity index (χ3v) is 2.35. The van der Waals surface area contributed by atoms with Crippen LogP contribution in [0.5, 0.6) is 0 Å². The van der Waals surface area contributed by atoms with Gasteiger partial charge < -0.3 is 16.2 Å². The molecule has 0 heterocycles. The summed E-state index contributed by atoms with van der Waals surface area (Å²) in [7, 11) is 0. The lowest BCUT2D eigenvalue weighted by Crippen LogP contribution is -2.23. The number of nitrogens with one attached hydrogen (secondary N) is 1. The summed E-state index contributed by atoms with van der Waals surface area (Å²) in [6, 6.07) is 4.71. The van der Waals surface area contributed by atoms with E-state index in [4.69, 9.17) is 10.8 Å². The molecule has 1 aromatic rings. The van der Waals surface area contributed by atoms with Crippen LogP contribution in [-0.2, 0) is 4.79 Å². The summed E-state index contributed by atoms with van der Waals surface area (Å²) in [5.41, 5.74) is 5.36. The average molecular weight is 273 g/mol. The summed E-state index contributed by atoms with van der Waals surface area (Å²) in [6.45, 7) is -0.189. The van der Waals surface area contributed by atoms with Crippen LogP contribution in [0.1, 0.15) is 10.4 Å². The van der Waals surface area contributed by atoms with E-state index in [0.717, 1.165) is 0 Å². The van der Waals surface area contributed by atoms with E-state index in [1.807, 2.05) is 0 Å². The minimum Gasteiger partial charge on any atom is -0.478 e. The van der Waals surface area contributed by atoms with Crippen LogP contribution in [0.4, 0.5) is 5.69 Å². The van der Waals surface area contributed by atoms with Gasteiger partial charge in [0, 0.05) is 4.47 Å². The van der Waals surface area contributed by atoms with Crippen LogP contribution in [-0.4, -0.2) is 23.5 Å². The lowest BCUT2D eigenvalue weighted by molar-refractivity contribution is -0.114. The van der Waals surface area contributed by atoms with E-state index >= 15 is 0 Å². The van der Waals surface area contributed by atoms with Crippen LogP contribution in [0.2, 0.25) is 0 Å². The Bertz CT molecular complexity index is 406. The summed E-state index contributed by atoms with van der Waals surface area (Å²) >= 11 is 3.10. The molecule has 0 saturated carbocycles. The number of anilines is 1. The molecule has 0 aromatic heterocycles. The van der Waals surface area contributed by atoms with Crippen LogP contribution in [0.3, 0.4) is 0 Å². The van der Waals surface area contributed by atoms with Gasteiger partial charge in [0.25, 0.3) is 0 Å². The molecule has 0 spiro atoms. The van der Waals surface area contributed by atoms with E-state index in [-0.39, 0.29) is 17.8 Å². The number of carboxylic acid groups (broad SMARTS) is 1. The molecule has 80 valence electrons. The Morgan fingerprint density at radius 1 is 1.47 bits per heavy atom. The first kappa shape index (κ1) is 11.7. The predicted octanol–water partition coefficient (Wildman–Crippen LogP) is 1.04. The zero-order valence-electron chi connectivity index (χ0n) is 7.66. The Hall–Kier alpha value is -1.40. The fourth-order valence-corrected chi connectivity index (χ4v) is 1.58. The lowest BCUT2D eigenvalue weighted by Gasteiger charge is -2.08. The SMILES string of the molecule is NCC(=O)Nc1cccc(Br)c1C(=O)O. The van der Waals surface area contributed by atoms with Gasteiger partial charge in [-0.05, 0) is 28.1 Å². The Kier molecular flexibility index (Phi) is 3.81. The summed E-state index contributed by atoms with van der Waals surface area (Å²) < 4.78 is 0.407. The van der Waals surface area contributed by atoms with Crippen LogP contribution in [0.25, 0.3) is 0 Å². The number of hydrogen-bond donors (Lipinski definition) is 3. The predicted molar refractivity (Wildman–Crippen MR) is 58.8 cm³/mol. The van der Waals surface area contributed by atoms with Crippen molar-refractivity contribution in [2.24, 2.45) is 5.73 Å². The fraction of sp³-hybridized carbons (Fsp3) is 0.111. The molecule has 1 rings (SSSR count). The van der Waals surface area contributed by atoms with Crippen molar-refractivity contribution in [1.82, 2.24) is 0 Å². The van der Waals surface area contributed by atoms with Gasteiger partial charge in [0.2, 0.25) is 5.91 Å². The van der Waals surface area contributed by atoms with E-state index in [0.29, 0.717) is 4.47 Å². The standard InChI is InChI=1S/C9H9BrN2O3/c10-5-2-1-3-6(8(5)9(14)15)12-7(13)4-11/h1-3H,4,11H2,(H,12,13)(H,14,15). The Morgan fingerprint density at radius 3 is 2.67 bits per heavy atom. The molecule has 1 amide bonds. The maximum Gasteiger partial charge on any atom is 0.338 e. The van der Waals surface area contributed by atoms with E-state index in [1.165, 1.54) is 6.07 Å². The number of amides is 1. The maximum atomic E-state index is 11.0. The van der Waals surface area contributed by atoms with Gasteiger partial charge in [-0.3, -0.25) is 4.79 Å². The van der Waals surface area contributed by atoms with Gasteiger partial charge in [-0.1, -0.05) is 6.07 Å². The molecule has 0 aliphatic heterocycles. The zero-order chi connectivity index (χ0) is 11.4. The van der Waals surface area contributed by atoms with Gasteiger partial charge in [-0.2, -0.15) is 0 Å². The van der Waals surface area contributed by atoms with Gasteiger partial charge >= 0.3 is 5.97 Å². The van der Waals surface area contributed by atoms with Crippen LogP contribution >= 0.6 is 15.9 Å². The molecule has 4 N–H and O–H groups in total. The van der Waals surface area contributed by atoms with Crippen molar-refractivity contribution in [1.29, 1.82) is 0 Å². The third kappa shape index (κ3) is 2.77. The number of carboxylic acids is 1. The number of hydrogen-bond acceptors (Lipinski definition) is 3. The lowest BCUT2D eigenvalue weighted by atomic mass is 10.2. The number of aromatic carboxylic acids is 1. The quantitative estimate of drug-likeness (QED) is 0.767. The summed E-state index contributed by atoms with van der Waals surface area (Å²) in [5.74, 6) is -1.55. The number of benzene rings is 1. The highest BCUT2D eigenvalue weighted by molar-refractivity contribution is 9.10. The number of carbonyl (C=O) groups excluding carboxylic acids is 1. The largest absolute Gasteiger partial charge is 0.478 e. The molecule has 0 fully saturated rings. The molecule has 0 saturated heterocycles. The monoisotopic (exact) mass is 272 g/mol. The minimum absolute atomic E-state index is 0.0132. The highest BCUT2D eigenvalue weighted by Gasteiger charge is 2.14. The van der Waals surface area contributed by atoms with Crippen LogP contribution in [0.15, 0.2) is 22.7 Å². The van der Waals surface area contributed by atoms with Gasteiger partial charge in [0.1, 0.15) is 0 Å². The van der Waals surface area contributed by atoms with Crippen molar-refractivity contribution >= 4 is 33.5 Å². The summed E-state index contributed by atoms with van der Waals surface area (Å²) in [4.78, 5) is 21.9. The van der Waals surface area contributed by atoms with E-state index in [9.17, 15) is 9.59 Å². The van der Waals surface area contributed by atoms with Gasteiger partial charge in [0.05, 0.1) is 17.8 Å². The highest BCUT2D eigenvalue weighted by atomic mass is 79.9. The average Bonchev–Trinajstić information content (AvgIpc) is 2.17. The van der Waals surface area contributed by atoms with Crippen molar-refractivity contribution in [3.8, 4) is 0 Å². The molecule has 15 heavy (non-hydrogen) atoms.